The number of hydrogen-bond acceptors (Lipinski definition) is 5. The lowest BCUT2D eigenvalue weighted by atomic mass is 10.1. The molecule has 1 aromatic heterocycles. The normalized spacial score (nSPS) is 20.4. The predicted octanol–water partition coefficient (Wildman–Crippen LogP) is 0.782. The van der Waals surface area contributed by atoms with Gasteiger partial charge >= 0.3 is 10.2 Å². The molecule has 1 amide bonds. The van der Waals surface area contributed by atoms with Gasteiger partial charge in [-0.05, 0) is 0 Å². The van der Waals surface area contributed by atoms with Crippen LogP contribution in [0.4, 0.5) is 9.70 Å². The van der Waals surface area contributed by atoms with Crippen LogP contribution >= 0.6 is 11.6 Å². The van der Waals surface area contributed by atoms with Crippen molar-refractivity contribution in [1.82, 2.24) is 9.97 Å². The fourth-order valence-electron chi connectivity index (χ4n) is 1.87. The number of aromatic nitrogens is 2. The van der Waals surface area contributed by atoms with Crippen LogP contribution < -0.4 is 4.90 Å². The number of carbonyl (C=O) groups is 1. The smallest absolute Gasteiger partial charge is 0.294 e. The predicted molar refractivity (Wildman–Crippen MR) is 62.4 cm³/mol. The lowest BCUT2D eigenvalue weighted by molar-refractivity contribution is -0.117. The summed E-state index contributed by atoms with van der Waals surface area (Å²) in [6.45, 7) is 0.0698. The van der Waals surface area contributed by atoms with Crippen molar-refractivity contribution in [2.45, 2.75) is 6.42 Å². The van der Waals surface area contributed by atoms with Gasteiger partial charge in [-0.1, -0.05) is 11.6 Å². The Hall–Kier alpha value is -1.28. The van der Waals surface area contributed by atoms with Crippen LogP contribution in [0, 0.1) is 5.92 Å². The molecule has 6 nitrogen and oxygen atoms in total. The highest BCUT2D eigenvalue weighted by Gasteiger charge is 2.35. The van der Waals surface area contributed by atoms with Crippen LogP contribution in [0.2, 0.25) is 5.15 Å². The third kappa shape index (κ3) is 2.94. The second-order valence-corrected chi connectivity index (χ2v) is 5.72. The van der Waals surface area contributed by atoms with Crippen LogP contribution in [0.25, 0.3) is 0 Å². The van der Waals surface area contributed by atoms with Crippen molar-refractivity contribution in [1.29, 1.82) is 0 Å². The third-order valence-corrected chi connectivity index (χ3v) is 3.67. The van der Waals surface area contributed by atoms with Gasteiger partial charge in [-0.15, -0.1) is 3.89 Å². The highest BCUT2D eigenvalue weighted by molar-refractivity contribution is 7.86. The zero-order chi connectivity index (χ0) is 13.3. The lowest BCUT2D eigenvalue weighted by Gasteiger charge is -2.15. The molecule has 1 saturated heterocycles. The molecule has 0 radical (unpaired) electrons. The number of amides is 1. The van der Waals surface area contributed by atoms with Crippen molar-refractivity contribution < 1.29 is 17.1 Å². The average Bonchev–Trinajstić information content (AvgIpc) is 2.57. The van der Waals surface area contributed by atoms with Gasteiger partial charge in [0.05, 0.1) is 5.75 Å². The van der Waals surface area contributed by atoms with Crippen molar-refractivity contribution in [3.8, 4) is 0 Å². The van der Waals surface area contributed by atoms with Crippen LogP contribution in [0.15, 0.2) is 12.4 Å². The molecule has 1 fully saturated rings. The van der Waals surface area contributed by atoms with E-state index in [1.54, 1.807) is 0 Å². The van der Waals surface area contributed by atoms with Gasteiger partial charge in [-0.25, -0.2) is 9.97 Å². The first-order chi connectivity index (χ1) is 8.37. The van der Waals surface area contributed by atoms with Crippen molar-refractivity contribution in [2.75, 3.05) is 17.2 Å². The van der Waals surface area contributed by atoms with Crippen molar-refractivity contribution in [3.63, 3.8) is 0 Å². The monoisotopic (exact) mass is 293 g/mol. The van der Waals surface area contributed by atoms with E-state index in [-0.39, 0.29) is 29.8 Å². The maximum absolute atomic E-state index is 12.6. The molecular formula is C9H9ClFN3O3S. The molecule has 0 aromatic carbocycles. The van der Waals surface area contributed by atoms with Gasteiger partial charge in [0.2, 0.25) is 5.91 Å². The van der Waals surface area contributed by atoms with Gasteiger partial charge in [0.15, 0.2) is 11.0 Å². The van der Waals surface area contributed by atoms with Crippen LogP contribution in [-0.4, -0.2) is 36.6 Å². The first-order valence-electron chi connectivity index (χ1n) is 5.06. The molecular weight excluding hydrogens is 285 g/mol. The Morgan fingerprint density at radius 2 is 2.11 bits per heavy atom. The fraction of sp³-hybridized carbons (Fsp3) is 0.444. The number of anilines is 1. The molecule has 2 heterocycles. The largest absolute Gasteiger partial charge is 0.302 e. The van der Waals surface area contributed by atoms with Gasteiger partial charge in [-0.2, -0.15) is 8.42 Å². The maximum Gasteiger partial charge on any atom is 0.302 e. The summed E-state index contributed by atoms with van der Waals surface area (Å²) in [6.07, 6.45) is 2.69. The zero-order valence-electron chi connectivity index (χ0n) is 9.08. The van der Waals surface area contributed by atoms with E-state index in [1.807, 2.05) is 0 Å². The van der Waals surface area contributed by atoms with Gasteiger partial charge in [0.25, 0.3) is 0 Å². The van der Waals surface area contributed by atoms with E-state index in [4.69, 9.17) is 11.6 Å². The molecule has 1 aliphatic rings. The summed E-state index contributed by atoms with van der Waals surface area (Å²) < 4.78 is 33.7. The minimum absolute atomic E-state index is 0.0456. The molecule has 2 rings (SSSR count). The van der Waals surface area contributed by atoms with Gasteiger partial charge in [0, 0.05) is 31.3 Å². The Labute approximate surface area is 108 Å². The Morgan fingerprint density at radius 1 is 1.44 bits per heavy atom. The molecule has 9 heteroatoms. The first-order valence-corrected chi connectivity index (χ1v) is 6.99. The third-order valence-electron chi connectivity index (χ3n) is 2.53. The van der Waals surface area contributed by atoms with Crippen molar-refractivity contribution in [3.05, 3.63) is 17.5 Å². The number of halogens is 2. The van der Waals surface area contributed by atoms with E-state index >= 15 is 0 Å². The fourth-order valence-corrected chi connectivity index (χ4v) is 2.87. The molecule has 1 aromatic rings. The van der Waals surface area contributed by atoms with Gasteiger partial charge < -0.3 is 0 Å². The highest BCUT2D eigenvalue weighted by atomic mass is 35.5. The molecule has 0 aliphatic carbocycles. The van der Waals surface area contributed by atoms with Crippen LogP contribution in [0.5, 0.6) is 0 Å². The quantitative estimate of drug-likeness (QED) is 0.770. The molecule has 0 N–H and O–H groups in total. The van der Waals surface area contributed by atoms with E-state index in [2.05, 4.69) is 9.97 Å². The van der Waals surface area contributed by atoms with E-state index in [1.165, 1.54) is 17.3 Å². The molecule has 1 unspecified atom stereocenters. The van der Waals surface area contributed by atoms with Crippen LogP contribution in [-0.2, 0) is 15.0 Å². The molecule has 18 heavy (non-hydrogen) atoms. The van der Waals surface area contributed by atoms with E-state index in [0.29, 0.717) is 0 Å². The standard InChI is InChI=1S/C9H9ClFN3O3S/c10-8-9(13-2-1-12-8)14-4-6(3-7(14)15)5-18(11,16)17/h1-2,6H,3-5H2. The number of rotatable bonds is 3. The highest BCUT2D eigenvalue weighted by Crippen LogP contribution is 2.28. The molecule has 1 atom stereocenters. The van der Waals surface area contributed by atoms with Crippen LogP contribution in [0.3, 0.4) is 0 Å². The number of carbonyl (C=O) groups excluding carboxylic acids is 1. The summed E-state index contributed by atoms with van der Waals surface area (Å²) in [5.74, 6) is -1.44. The van der Waals surface area contributed by atoms with Crippen molar-refractivity contribution >= 4 is 33.5 Å². The Balaban J connectivity index is 2.18. The second kappa shape index (κ2) is 4.77. The minimum atomic E-state index is -4.59. The maximum atomic E-state index is 12.6. The summed E-state index contributed by atoms with van der Waals surface area (Å²) in [4.78, 5) is 20.6. The van der Waals surface area contributed by atoms with Crippen LogP contribution in [0.1, 0.15) is 6.42 Å². The Morgan fingerprint density at radius 3 is 2.72 bits per heavy atom. The zero-order valence-corrected chi connectivity index (χ0v) is 10.7. The number of nitrogens with zero attached hydrogens (tertiary/aromatic N) is 3. The van der Waals surface area contributed by atoms with Crippen molar-refractivity contribution in [2.24, 2.45) is 5.92 Å². The Bertz CT molecular complexity index is 580. The molecule has 0 bridgehead atoms. The molecule has 98 valence electrons. The molecule has 0 saturated carbocycles. The summed E-state index contributed by atoms with van der Waals surface area (Å²) >= 11 is 5.79. The molecule has 1 aliphatic heterocycles. The van der Waals surface area contributed by atoms with E-state index in [0.717, 1.165) is 0 Å². The SMILES string of the molecule is O=C1CC(CS(=O)(=O)F)CN1c1nccnc1Cl. The minimum Gasteiger partial charge on any atom is -0.294 e. The van der Waals surface area contributed by atoms with E-state index in [9.17, 15) is 17.1 Å². The summed E-state index contributed by atoms with van der Waals surface area (Å²) in [5, 5.41) is 0.0506. The summed E-state index contributed by atoms with van der Waals surface area (Å²) in [7, 11) is -4.59. The van der Waals surface area contributed by atoms with Gasteiger partial charge in [0.1, 0.15) is 0 Å². The number of hydrogen-bond donors (Lipinski definition) is 0. The van der Waals surface area contributed by atoms with E-state index < -0.39 is 21.9 Å². The lowest BCUT2D eigenvalue weighted by Crippen LogP contribution is -2.26. The average molecular weight is 294 g/mol. The molecule has 0 spiro atoms. The second-order valence-electron chi connectivity index (χ2n) is 3.95. The van der Waals surface area contributed by atoms with Gasteiger partial charge in [-0.3, -0.25) is 9.69 Å². The summed E-state index contributed by atoms with van der Waals surface area (Å²) in [6, 6.07) is 0. The first kappa shape index (κ1) is 13.2. The Kier molecular flexibility index (Phi) is 3.49. The summed E-state index contributed by atoms with van der Waals surface area (Å²) in [5.41, 5.74) is 0. The topological polar surface area (TPSA) is 80.2 Å².